The summed E-state index contributed by atoms with van der Waals surface area (Å²) in [5, 5.41) is 2.55. The molecule has 0 aliphatic rings. The SMILES string of the molecule is CNC(=O)Cc1c(C)sc2nc(COc3ccc(F)cc3)cc(=O)n12. The molecule has 130 valence electrons. The fourth-order valence-electron chi connectivity index (χ4n) is 2.38. The first-order chi connectivity index (χ1) is 12.0. The van der Waals surface area contributed by atoms with Crippen LogP contribution >= 0.6 is 11.3 Å². The zero-order chi connectivity index (χ0) is 18.0. The van der Waals surface area contributed by atoms with Crippen LogP contribution in [0, 0.1) is 12.7 Å². The van der Waals surface area contributed by atoms with Crippen molar-refractivity contribution in [2.75, 3.05) is 7.05 Å². The molecule has 0 radical (unpaired) electrons. The highest BCUT2D eigenvalue weighted by molar-refractivity contribution is 7.17. The Balaban J connectivity index is 1.88. The Kier molecular flexibility index (Phi) is 4.80. The number of rotatable bonds is 5. The van der Waals surface area contributed by atoms with Gasteiger partial charge in [0.25, 0.3) is 5.56 Å². The number of likely N-dealkylation sites (N-methyl/N-ethyl adjacent to an activating group) is 1. The molecule has 0 spiro atoms. The predicted octanol–water partition coefficient (Wildman–Crippen LogP) is 2.07. The van der Waals surface area contributed by atoms with Crippen LogP contribution < -0.4 is 15.6 Å². The standard InChI is InChI=1S/C17H16FN3O3S/c1-10-14(8-15(22)19-2)21-16(23)7-12(20-17(21)25-10)9-24-13-5-3-11(18)4-6-13/h3-7H,8-9H2,1-2H3,(H,19,22). The molecule has 8 heteroatoms. The number of ether oxygens (including phenoxy) is 1. The molecule has 0 aliphatic heterocycles. The molecule has 0 atom stereocenters. The number of aromatic nitrogens is 2. The molecular weight excluding hydrogens is 345 g/mol. The first kappa shape index (κ1) is 17.1. The van der Waals surface area contributed by atoms with Gasteiger partial charge in [0.2, 0.25) is 5.91 Å². The van der Waals surface area contributed by atoms with E-state index in [0.29, 0.717) is 22.1 Å². The number of nitrogens with one attached hydrogen (secondary N) is 1. The van der Waals surface area contributed by atoms with Crippen molar-refractivity contribution in [2.24, 2.45) is 0 Å². The summed E-state index contributed by atoms with van der Waals surface area (Å²) in [4.78, 5) is 29.9. The van der Waals surface area contributed by atoms with E-state index < -0.39 is 0 Å². The summed E-state index contributed by atoms with van der Waals surface area (Å²) in [6.07, 6.45) is 0.120. The van der Waals surface area contributed by atoms with Crippen molar-refractivity contribution in [3.63, 3.8) is 0 Å². The van der Waals surface area contributed by atoms with E-state index in [-0.39, 0.29) is 30.3 Å². The highest BCUT2D eigenvalue weighted by Gasteiger charge is 2.15. The lowest BCUT2D eigenvalue weighted by atomic mass is 10.2. The predicted molar refractivity (Wildman–Crippen MR) is 92.6 cm³/mol. The van der Waals surface area contributed by atoms with Gasteiger partial charge in [0, 0.05) is 18.0 Å². The number of amides is 1. The maximum Gasteiger partial charge on any atom is 0.259 e. The number of nitrogens with zero attached hydrogens (tertiary/aromatic N) is 2. The van der Waals surface area contributed by atoms with Gasteiger partial charge >= 0.3 is 0 Å². The summed E-state index contributed by atoms with van der Waals surface area (Å²) >= 11 is 1.35. The van der Waals surface area contributed by atoms with Crippen molar-refractivity contribution < 1.29 is 13.9 Å². The maximum atomic E-state index is 12.9. The summed E-state index contributed by atoms with van der Waals surface area (Å²) in [5.74, 6) is -0.0210. The Morgan fingerprint density at radius 3 is 2.76 bits per heavy atom. The van der Waals surface area contributed by atoms with E-state index in [4.69, 9.17) is 4.74 Å². The van der Waals surface area contributed by atoms with E-state index >= 15 is 0 Å². The minimum atomic E-state index is -0.345. The fraction of sp³-hybridized carbons (Fsp3) is 0.235. The maximum absolute atomic E-state index is 12.9. The van der Waals surface area contributed by atoms with Crippen molar-refractivity contribution in [3.05, 3.63) is 62.8 Å². The highest BCUT2D eigenvalue weighted by atomic mass is 32.1. The van der Waals surface area contributed by atoms with Crippen LogP contribution in [0.1, 0.15) is 16.3 Å². The number of benzene rings is 1. The average Bonchev–Trinajstić information content (AvgIpc) is 2.90. The molecule has 0 aliphatic carbocycles. The third-order valence-electron chi connectivity index (χ3n) is 3.67. The lowest BCUT2D eigenvalue weighted by Crippen LogP contribution is -2.24. The Morgan fingerprint density at radius 2 is 2.08 bits per heavy atom. The van der Waals surface area contributed by atoms with E-state index in [2.05, 4.69) is 10.3 Å². The summed E-state index contributed by atoms with van der Waals surface area (Å²) in [7, 11) is 1.55. The van der Waals surface area contributed by atoms with Gasteiger partial charge in [0.05, 0.1) is 17.8 Å². The van der Waals surface area contributed by atoms with Crippen molar-refractivity contribution in [3.8, 4) is 5.75 Å². The molecule has 3 aromatic rings. The first-order valence-corrected chi connectivity index (χ1v) is 8.39. The van der Waals surface area contributed by atoms with E-state index in [1.54, 1.807) is 7.05 Å². The van der Waals surface area contributed by atoms with Gasteiger partial charge in [-0.25, -0.2) is 9.37 Å². The molecule has 1 N–H and O–H groups in total. The summed E-state index contributed by atoms with van der Waals surface area (Å²) in [6, 6.07) is 7.01. The smallest absolute Gasteiger partial charge is 0.259 e. The van der Waals surface area contributed by atoms with Crippen LogP contribution in [0.5, 0.6) is 5.75 Å². The molecule has 1 amide bonds. The first-order valence-electron chi connectivity index (χ1n) is 7.58. The topological polar surface area (TPSA) is 72.7 Å². The van der Waals surface area contributed by atoms with Gasteiger partial charge in [-0.05, 0) is 31.2 Å². The summed E-state index contributed by atoms with van der Waals surface area (Å²) in [6.45, 7) is 1.95. The number of aryl methyl sites for hydroxylation is 1. The number of hydrogen-bond acceptors (Lipinski definition) is 5. The van der Waals surface area contributed by atoms with E-state index in [9.17, 15) is 14.0 Å². The van der Waals surface area contributed by atoms with Crippen LogP contribution in [0.25, 0.3) is 4.96 Å². The van der Waals surface area contributed by atoms with Gasteiger partial charge in [0.15, 0.2) is 4.96 Å². The average molecular weight is 361 g/mol. The number of thiazole rings is 1. The molecule has 0 fully saturated rings. The van der Waals surface area contributed by atoms with E-state index in [0.717, 1.165) is 4.88 Å². The van der Waals surface area contributed by atoms with Gasteiger partial charge in [0.1, 0.15) is 18.2 Å². The molecule has 0 saturated carbocycles. The Morgan fingerprint density at radius 1 is 1.36 bits per heavy atom. The molecule has 25 heavy (non-hydrogen) atoms. The largest absolute Gasteiger partial charge is 0.487 e. The number of carbonyl (C=O) groups excluding carboxylic acids is 1. The molecule has 0 saturated heterocycles. The Bertz CT molecular complexity index is 979. The van der Waals surface area contributed by atoms with E-state index in [1.165, 1.54) is 46.1 Å². The molecule has 0 bridgehead atoms. The van der Waals surface area contributed by atoms with Crippen LogP contribution in [0.3, 0.4) is 0 Å². The number of carbonyl (C=O) groups is 1. The van der Waals surface area contributed by atoms with Crippen LogP contribution in [-0.2, 0) is 17.8 Å². The second-order valence-corrected chi connectivity index (χ2v) is 6.58. The summed E-state index contributed by atoms with van der Waals surface area (Å²) < 4.78 is 19.9. The van der Waals surface area contributed by atoms with Gasteiger partial charge in [-0.3, -0.25) is 14.0 Å². The van der Waals surface area contributed by atoms with Gasteiger partial charge in [-0.2, -0.15) is 0 Å². The second kappa shape index (κ2) is 7.02. The molecule has 2 aromatic heterocycles. The lowest BCUT2D eigenvalue weighted by molar-refractivity contribution is -0.120. The fourth-order valence-corrected chi connectivity index (χ4v) is 3.39. The lowest BCUT2D eigenvalue weighted by Gasteiger charge is -2.06. The molecule has 3 rings (SSSR count). The van der Waals surface area contributed by atoms with Crippen molar-refractivity contribution in [2.45, 2.75) is 20.0 Å². The van der Waals surface area contributed by atoms with Crippen LogP contribution in [-0.4, -0.2) is 22.3 Å². The number of hydrogen-bond donors (Lipinski definition) is 1. The van der Waals surface area contributed by atoms with Gasteiger partial charge in [-0.1, -0.05) is 0 Å². The Hall–Kier alpha value is -2.74. The minimum Gasteiger partial charge on any atom is -0.487 e. The normalized spacial score (nSPS) is 10.8. The van der Waals surface area contributed by atoms with E-state index in [1.807, 2.05) is 6.92 Å². The van der Waals surface area contributed by atoms with Crippen LogP contribution in [0.15, 0.2) is 35.1 Å². The van der Waals surface area contributed by atoms with Crippen molar-refractivity contribution in [1.29, 1.82) is 0 Å². The third kappa shape index (κ3) is 3.69. The van der Waals surface area contributed by atoms with Gasteiger partial charge in [-0.15, -0.1) is 11.3 Å². The van der Waals surface area contributed by atoms with Crippen molar-refractivity contribution >= 4 is 22.2 Å². The molecular formula is C17H16FN3O3S. The minimum absolute atomic E-state index is 0.0963. The van der Waals surface area contributed by atoms with Gasteiger partial charge < -0.3 is 10.1 Å². The molecule has 1 aromatic carbocycles. The van der Waals surface area contributed by atoms with Crippen molar-refractivity contribution in [1.82, 2.24) is 14.7 Å². The Labute approximate surface area is 146 Å². The molecule has 0 unspecified atom stereocenters. The van der Waals surface area contributed by atoms with Crippen LogP contribution in [0.4, 0.5) is 4.39 Å². The van der Waals surface area contributed by atoms with Crippen LogP contribution in [0.2, 0.25) is 0 Å². The monoisotopic (exact) mass is 361 g/mol. The highest BCUT2D eigenvalue weighted by Crippen LogP contribution is 2.21. The molecule has 6 nitrogen and oxygen atoms in total. The zero-order valence-corrected chi connectivity index (χ0v) is 14.5. The third-order valence-corrected chi connectivity index (χ3v) is 4.67. The quantitative estimate of drug-likeness (QED) is 0.755. The second-order valence-electron chi connectivity index (χ2n) is 5.40. The summed E-state index contributed by atoms with van der Waals surface area (Å²) in [5.41, 5.74) is 0.857. The zero-order valence-electron chi connectivity index (χ0n) is 13.7. The molecule has 2 heterocycles. The number of fused-ring (bicyclic) bond motifs is 1. The number of halogens is 1.